The van der Waals surface area contributed by atoms with E-state index in [4.69, 9.17) is 12.2 Å². The van der Waals surface area contributed by atoms with Crippen molar-refractivity contribution in [2.45, 2.75) is 39.8 Å². The molecular weight excluding hydrogens is 478 g/mol. The molecule has 1 saturated heterocycles. The van der Waals surface area contributed by atoms with Gasteiger partial charge in [-0.2, -0.15) is 0 Å². The van der Waals surface area contributed by atoms with E-state index in [0.717, 1.165) is 39.7 Å². The van der Waals surface area contributed by atoms with Crippen LogP contribution in [0.25, 0.3) is 5.69 Å². The molecule has 4 aromatic rings. The van der Waals surface area contributed by atoms with Crippen molar-refractivity contribution >= 4 is 34.6 Å². The molecule has 1 fully saturated rings. The third-order valence-electron chi connectivity index (χ3n) is 6.79. The number of para-hydroxylation sites is 1. The minimum atomic E-state index is -0.147. The van der Waals surface area contributed by atoms with Crippen molar-refractivity contribution in [2.24, 2.45) is 5.92 Å². The molecular formula is C30H31N5OS. The molecule has 37 heavy (non-hydrogen) atoms. The molecule has 2 N–H and O–H groups in total. The average molecular weight is 510 g/mol. The summed E-state index contributed by atoms with van der Waals surface area (Å²) in [7, 11) is 0. The highest BCUT2D eigenvalue weighted by Crippen LogP contribution is 2.43. The molecule has 0 aliphatic carbocycles. The Morgan fingerprint density at radius 1 is 0.973 bits per heavy atom. The lowest BCUT2D eigenvalue weighted by Crippen LogP contribution is -2.30. The van der Waals surface area contributed by atoms with Crippen LogP contribution in [0.5, 0.6) is 0 Å². The fraction of sp³-hybridized carbons (Fsp3) is 0.233. The van der Waals surface area contributed by atoms with Gasteiger partial charge in [0.25, 0.3) is 0 Å². The van der Waals surface area contributed by atoms with Crippen molar-refractivity contribution < 1.29 is 4.79 Å². The Labute approximate surface area is 223 Å². The highest BCUT2D eigenvalue weighted by molar-refractivity contribution is 7.80. The van der Waals surface area contributed by atoms with Gasteiger partial charge in [0.05, 0.1) is 11.7 Å². The molecule has 2 aromatic heterocycles. The fourth-order valence-corrected chi connectivity index (χ4v) is 5.21. The van der Waals surface area contributed by atoms with Crippen molar-refractivity contribution in [1.82, 2.24) is 14.9 Å². The monoisotopic (exact) mass is 509 g/mol. The van der Waals surface area contributed by atoms with Crippen molar-refractivity contribution in [3.8, 4) is 5.69 Å². The Hall–Kier alpha value is -3.97. The van der Waals surface area contributed by atoms with Crippen LogP contribution in [0.2, 0.25) is 0 Å². The Balaban J connectivity index is 1.62. The van der Waals surface area contributed by atoms with E-state index in [9.17, 15) is 4.79 Å². The van der Waals surface area contributed by atoms with E-state index < -0.39 is 0 Å². The smallest absolute Gasteiger partial charge is 0.226 e. The van der Waals surface area contributed by atoms with Gasteiger partial charge < -0.3 is 20.1 Å². The Bertz CT molecular complexity index is 1430. The summed E-state index contributed by atoms with van der Waals surface area (Å²) >= 11 is 5.93. The molecule has 1 aliphatic heterocycles. The van der Waals surface area contributed by atoms with Gasteiger partial charge in [-0.1, -0.05) is 38.1 Å². The first-order valence-electron chi connectivity index (χ1n) is 12.5. The predicted octanol–water partition coefficient (Wildman–Crippen LogP) is 6.26. The maximum atomic E-state index is 12.3. The second-order valence-corrected chi connectivity index (χ2v) is 10.1. The molecule has 6 nitrogen and oxygen atoms in total. The van der Waals surface area contributed by atoms with Crippen LogP contribution >= 0.6 is 12.2 Å². The topological polar surface area (TPSA) is 62.2 Å². The number of carbonyl (C=O) groups excluding carboxylic acids is 1. The first kappa shape index (κ1) is 24.7. The molecule has 2 aromatic carbocycles. The number of anilines is 2. The summed E-state index contributed by atoms with van der Waals surface area (Å²) in [6.45, 7) is 7.90. The largest absolute Gasteiger partial charge is 0.351 e. The quantitative estimate of drug-likeness (QED) is 0.300. The zero-order chi connectivity index (χ0) is 26.1. The van der Waals surface area contributed by atoms with Gasteiger partial charge in [0, 0.05) is 40.6 Å². The number of thiocarbonyl (C=S) groups is 1. The van der Waals surface area contributed by atoms with E-state index in [1.807, 2.05) is 63.4 Å². The van der Waals surface area contributed by atoms with Gasteiger partial charge in [-0.05, 0) is 86.2 Å². The van der Waals surface area contributed by atoms with Crippen molar-refractivity contribution in [2.75, 3.05) is 10.2 Å². The lowest BCUT2D eigenvalue weighted by Gasteiger charge is -2.30. The molecule has 3 heterocycles. The second kappa shape index (κ2) is 10.2. The van der Waals surface area contributed by atoms with E-state index in [1.54, 1.807) is 0 Å². The predicted molar refractivity (Wildman–Crippen MR) is 153 cm³/mol. The van der Waals surface area contributed by atoms with E-state index in [2.05, 4.69) is 74.5 Å². The zero-order valence-electron chi connectivity index (χ0n) is 21.5. The maximum Gasteiger partial charge on any atom is 0.226 e. The molecule has 188 valence electrons. The Morgan fingerprint density at radius 3 is 2.41 bits per heavy atom. The van der Waals surface area contributed by atoms with Gasteiger partial charge in [-0.3, -0.25) is 9.78 Å². The van der Waals surface area contributed by atoms with Gasteiger partial charge >= 0.3 is 0 Å². The van der Waals surface area contributed by atoms with Gasteiger partial charge in [-0.25, -0.2) is 0 Å². The SMILES string of the molecule is Cc1cc(N2C(=S)N[C@@H](c3ccccn3)[C@@H]2c2ccc(C)n2-c2ccccc2)ccc1NC(=O)C(C)C. The lowest BCUT2D eigenvalue weighted by atomic mass is 10.00. The third kappa shape index (κ3) is 4.74. The molecule has 1 amide bonds. The van der Waals surface area contributed by atoms with Gasteiger partial charge in [0.15, 0.2) is 5.11 Å². The van der Waals surface area contributed by atoms with E-state index in [1.165, 1.54) is 0 Å². The van der Waals surface area contributed by atoms with E-state index in [-0.39, 0.29) is 23.9 Å². The number of nitrogens with one attached hydrogen (secondary N) is 2. The highest BCUT2D eigenvalue weighted by atomic mass is 32.1. The molecule has 0 spiro atoms. The zero-order valence-corrected chi connectivity index (χ0v) is 22.3. The molecule has 0 radical (unpaired) electrons. The summed E-state index contributed by atoms with van der Waals surface area (Å²) in [5.41, 5.74) is 7.02. The van der Waals surface area contributed by atoms with Gasteiger partial charge in [0.2, 0.25) is 5.91 Å². The number of amides is 1. The Kier molecular flexibility index (Phi) is 6.80. The van der Waals surface area contributed by atoms with Crippen LogP contribution in [0.1, 0.15) is 48.6 Å². The minimum Gasteiger partial charge on any atom is -0.351 e. The van der Waals surface area contributed by atoms with E-state index in [0.29, 0.717) is 5.11 Å². The number of aromatic nitrogens is 2. The first-order valence-corrected chi connectivity index (χ1v) is 12.9. The van der Waals surface area contributed by atoms with Crippen LogP contribution < -0.4 is 15.5 Å². The number of nitrogens with zero attached hydrogens (tertiary/aromatic N) is 3. The number of aryl methyl sites for hydroxylation is 2. The summed E-state index contributed by atoms with van der Waals surface area (Å²) in [5.74, 6) is -0.0922. The normalized spacial score (nSPS) is 17.2. The summed E-state index contributed by atoms with van der Waals surface area (Å²) in [5, 5.41) is 7.21. The average Bonchev–Trinajstić information content (AvgIpc) is 3.45. The first-order chi connectivity index (χ1) is 17.8. The van der Waals surface area contributed by atoms with Gasteiger partial charge in [0.1, 0.15) is 6.04 Å². The van der Waals surface area contributed by atoms with Crippen molar-refractivity contribution in [1.29, 1.82) is 0 Å². The summed E-state index contributed by atoms with van der Waals surface area (Å²) in [6, 6.07) is 26.4. The van der Waals surface area contributed by atoms with Gasteiger partial charge in [-0.15, -0.1) is 0 Å². The minimum absolute atomic E-state index is 0.00142. The number of benzene rings is 2. The van der Waals surface area contributed by atoms with Crippen LogP contribution in [-0.2, 0) is 4.79 Å². The fourth-order valence-electron chi connectivity index (χ4n) is 4.87. The summed E-state index contributed by atoms with van der Waals surface area (Å²) in [4.78, 5) is 19.2. The van der Waals surface area contributed by atoms with Crippen LogP contribution in [0.4, 0.5) is 11.4 Å². The summed E-state index contributed by atoms with van der Waals surface area (Å²) < 4.78 is 2.29. The number of carbonyl (C=O) groups is 1. The number of pyridine rings is 1. The third-order valence-corrected chi connectivity index (χ3v) is 7.11. The van der Waals surface area contributed by atoms with Crippen LogP contribution in [-0.4, -0.2) is 20.6 Å². The standard InChI is InChI=1S/C30H31N5OS/c1-19(2)29(36)32-24-15-14-23(18-20(24)3)35-28(27(33-30(35)37)25-12-8-9-17-31-25)26-16-13-21(4)34(26)22-10-6-5-7-11-22/h5-19,27-28H,1-4H3,(H,32,36)(H,33,37)/t27-,28-/m0/s1. The molecule has 0 bridgehead atoms. The Morgan fingerprint density at radius 2 is 1.73 bits per heavy atom. The molecule has 0 saturated carbocycles. The molecule has 5 rings (SSSR count). The van der Waals surface area contributed by atoms with Crippen molar-refractivity contribution in [3.63, 3.8) is 0 Å². The summed E-state index contributed by atoms with van der Waals surface area (Å²) in [6.07, 6.45) is 1.82. The molecule has 7 heteroatoms. The maximum absolute atomic E-state index is 12.3. The highest BCUT2D eigenvalue weighted by Gasteiger charge is 2.42. The van der Waals surface area contributed by atoms with Crippen LogP contribution in [0.15, 0.2) is 85.1 Å². The molecule has 1 aliphatic rings. The number of rotatable bonds is 6. The number of hydrogen-bond donors (Lipinski definition) is 2. The van der Waals surface area contributed by atoms with Crippen molar-refractivity contribution in [3.05, 3.63) is 108 Å². The molecule has 0 unspecified atom stereocenters. The number of hydrogen-bond acceptors (Lipinski definition) is 3. The molecule has 2 atom stereocenters. The lowest BCUT2D eigenvalue weighted by molar-refractivity contribution is -0.118. The van der Waals surface area contributed by atoms with Crippen LogP contribution in [0, 0.1) is 19.8 Å². The van der Waals surface area contributed by atoms with E-state index >= 15 is 0 Å². The van der Waals surface area contributed by atoms with Crippen LogP contribution in [0.3, 0.4) is 0 Å². The second-order valence-electron chi connectivity index (χ2n) is 9.71.